The fourth-order valence-corrected chi connectivity index (χ4v) is 13.3. The summed E-state index contributed by atoms with van der Waals surface area (Å²) in [6.07, 6.45) is -3.02. The van der Waals surface area contributed by atoms with E-state index in [2.05, 4.69) is 47.5 Å². The van der Waals surface area contributed by atoms with Crippen molar-refractivity contribution < 1.29 is 82.4 Å². The van der Waals surface area contributed by atoms with Crippen LogP contribution in [0, 0.1) is 17.8 Å². The first-order valence-corrected chi connectivity index (χ1v) is 31.9. The van der Waals surface area contributed by atoms with Crippen molar-refractivity contribution in [2.24, 2.45) is 23.5 Å². The number of H-pyrrole nitrogens is 1. The van der Waals surface area contributed by atoms with Crippen molar-refractivity contribution in [2.75, 3.05) is 63.7 Å². The van der Waals surface area contributed by atoms with Gasteiger partial charge in [-0.2, -0.15) is 0 Å². The van der Waals surface area contributed by atoms with E-state index < -0.39 is 176 Å². The molecule has 15 N–H and O–H groups in total. The van der Waals surface area contributed by atoms with Crippen LogP contribution in [-0.2, 0) is 70.1 Å². The molecule has 0 radical (unpaired) electrons. The lowest BCUT2D eigenvalue weighted by Gasteiger charge is -2.36. The number of hydrogen-bond donors (Lipinski definition) is 14. The number of benzene rings is 1. The summed E-state index contributed by atoms with van der Waals surface area (Å²) in [6.45, 7) is 2.72. The molecule has 0 spiro atoms. The fraction of sp³-hybridized carbons (Fsp3) is 0.660. The minimum Gasteiger partial charge on any atom is -0.494 e. The molecule has 28 nitrogen and oxygen atoms in total. The number of amides is 9. The average Bonchev–Trinajstić information content (AvgIpc) is 4.26. The highest BCUT2D eigenvalue weighted by atomic mass is 33.1. The molecule has 2 bridgehead atoms. The van der Waals surface area contributed by atoms with Crippen LogP contribution in [0.1, 0.15) is 90.5 Å². The zero-order valence-electron chi connectivity index (χ0n) is 47.6. The van der Waals surface area contributed by atoms with Crippen LogP contribution in [0.5, 0.6) is 5.75 Å². The minimum atomic E-state index is -2.36. The topological polar surface area (TPSA) is 428 Å². The van der Waals surface area contributed by atoms with Gasteiger partial charge < -0.3 is 72.9 Å². The van der Waals surface area contributed by atoms with E-state index in [1.165, 1.54) is 6.92 Å². The lowest BCUT2D eigenvalue weighted by atomic mass is 9.92. The number of fused-ring (bicyclic) bond motifs is 5. The largest absolute Gasteiger partial charge is 0.494 e. The molecule has 4 heterocycles. The number of ether oxygens (including phenoxy) is 1. The van der Waals surface area contributed by atoms with E-state index >= 15 is 4.21 Å². The van der Waals surface area contributed by atoms with Crippen molar-refractivity contribution in [1.29, 1.82) is 0 Å². The van der Waals surface area contributed by atoms with Crippen LogP contribution in [0.2, 0.25) is 0 Å². The number of hydrogen-bond acceptors (Lipinski definition) is 20. The van der Waals surface area contributed by atoms with Crippen LogP contribution in [-0.4, -0.2) is 206 Å². The Hall–Kier alpha value is -5.93. The van der Waals surface area contributed by atoms with Crippen molar-refractivity contribution in [3.63, 3.8) is 0 Å². The maximum absolute atomic E-state index is 15.1. The van der Waals surface area contributed by atoms with Gasteiger partial charge in [0.05, 0.1) is 84.6 Å². The molecule has 468 valence electrons. The molecule has 12 atom stereocenters. The quantitative estimate of drug-likeness (QED) is 0.0241. The second-order valence-electron chi connectivity index (χ2n) is 21.1. The molecule has 31 heteroatoms. The summed E-state index contributed by atoms with van der Waals surface area (Å²) in [7, 11) is 2.31. The number of aromatic amines is 1. The number of nitrogens with one attached hydrogen (secondary N) is 9. The van der Waals surface area contributed by atoms with Crippen molar-refractivity contribution in [3.05, 3.63) is 23.8 Å². The Morgan fingerprint density at radius 2 is 1.56 bits per heavy atom. The molecule has 1 aromatic carbocycles. The number of carbonyl (C=O) groups excluding carboxylic acids is 10. The van der Waals surface area contributed by atoms with Gasteiger partial charge in [-0.15, -0.1) is 0 Å². The molecule has 0 saturated carbocycles. The summed E-state index contributed by atoms with van der Waals surface area (Å²) in [5.74, 6) is -10.1. The Morgan fingerprint density at radius 3 is 2.23 bits per heavy atom. The van der Waals surface area contributed by atoms with Crippen LogP contribution in [0.15, 0.2) is 23.2 Å². The Labute approximate surface area is 496 Å². The first kappa shape index (κ1) is 68.8. The summed E-state index contributed by atoms with van der Waals surface area (Å²) < 4.78 is 21.2. The molecule has 12 unspecified atom stereocenters. The van der Waals surface area contributed by atoms with Gasteiger partial charge in [0.2, 0.25) is 53.2 Å². The molecule has 5 rings (SSSR count). The van der Waals surface area contributed by atoms with Crippen molar-refractivity contribution in [1.82, 2.24) is 52.4 Å². The standard InChI is InChI=1S/C53H81N11O17S3/c1-5-28(2)46-49(75)58-23-44(72)59-37-27-84(79)52-34(33-11-10-32(21-35(33)61-52)80-15-9-7-6-8-14-56-43(71)13-17-83-82-16-12-42(70)55-4)22-36(48(74)57-24-45(73)62-46)60-50(76)47(29(3)40(68)26-65)63-51(81-78)38-20-31(66)25-64(38)53(77)30(18-39(37)67)19-41(54)69/h10-11,21,28-31,36-38,40,46-47,51,61,63,65-66,68,78H,5-9,12-20,22-27H2,1-4H3,(H2,54,69)(H,55,70)(H,56,71)(H,57,74)(H,58,75)(H,59,72)(H,60,76)(H,62,73). The number of nitrogens with two attached hydrogens (primary N) is 1. The number of unbranched alkanes of at least 4 members (excludes halogenated alkanes) is 3. The van der Waals surface area contributed by atoms with Gasteiger partial charge in [0, 0.05) is 81.1 Å². The van der Waals surface area contributed by atoms with Crippen LogP contribution in [0.4, 0.5) is 0 Å². The Morgan fingerprint density at radius 1 is 0.881 bits per heavy atom. The van der Waals surface area contributed by atoms with Crippen LogP contribution in [0.3, 0.4) is 0 Å². The number of aliphatic hydroxyl groups is 3. The second kappa shape index (κ2) is 34.3. The SMILES string of the molecule is CCC(C)C1NC(=O)CNC(=O)C2Cc3c([nH]c4cc(OCCCCCCNC(=O)CCSSCCC(=O)NC)ccc34)S(=O)CC(NC(=O)CNC1=O)C(=O)CC(CC(N)=O)C(=O)N1CC(O)CC1C(OO)NC(C(C)C(O)CO)C(=O)N2. The number of primary amides is 1. The van der Waals surface area contributed by atoms with Gasteiger partial charge in [-0.3, -0.25) is 62.7 Å². The number of aromatic nitrogens is 1. The molecule has 3 aliphatic heterocycles. The summed E-state index contributed by atoms with van der Waals surface area (Å²) in [5, 5.41) is 63.7. The molecular weight excluding hydrogens is 1160 g/mol. The molecule has 1 fully saturated rings. The first-order chi connectivity index (χ1) is 40.1. The summed E-state index contributed by atoms with van der Waals surface area (Å²) in [6, 6.07) is -2.89. The number of carbonyl (C=O) groups is 10. The molecule has 1 aromatic heterocycles. The molecule has 3 aliphatic rings. The number of nitrogens with zero attached hydrogens (tertiary/aromatic N) is 1. The summed E-state index contributed by atoms with van der Waals surface area (Å²) in [4.78, 5) is 145. The number of ketones is 1. The van der Waals surface area contributed by atoms with Crippen molar-refractivity contribution >= 4 is 102 Å². The van der Waals surface area contributed by atoms with Crippen molar-refractivity contribution in [2.45, 2.75) is 145 Å². The van der Waals surface area contributed by atoms with Gasteiger partial charge in [-0.1, -0.05) is 61.6 Å². The van der Waals surface area contributed by atoms with Crippen LogP contribution < -0.4 is 53.0 Å². The van der Waals surface area contributed by atoms with Crippen LogP contribution >= 0.6 is 21.6 Å². The normalized spacial score (nSPS) is 25.4. The van der Waals surface area contributed by atoms with Gasteiger partial charge in [0.1, 0.15) is 22.9 Å². The van der Waals surface area contributed by atoms with E-state index in [0.717, 1.165) is 24.2 Å². The monoisotopic (exact) mass is 1240 g/mol. The predicted octanol–water partition coefficient (Wildman–Crippen LogP) is -2.28. The predicted molar refractivity (Wildman–Crippen MR) is 309 cm³/mol. The fourth-order valence-electron chi connectivity index (χ4n) is 9.90. The number of rotatable bonds is 23. The third-order valence-electron chi connectivity index (χ3n) is 14.9. The lowest BCUT2D eigenvalue weighted by molar-refractivity contribution is -0.298. The van der Waals surface area contributed by atoms with Gasteiger partial charge in [-0.05, 0) is 42.9 Å². The minimum absolute atomic E-state index is 0.0336. The smallest absolute Gasteiger partial charge is 0.243 e. The van der Waals surface area contributed by atoms with E-state index in [1.807, 2.05) is 0 Å². The molecular formula is C53H81N11O17S3. The highest BCUT2D eigenvalue weighted by molar-refractivity contribution is 8.76. The van der Waals surface area contributed by atoms with Gasteiger partial charge >= 0.3 is 0 Å². The van der Waals surface area contributed by atoms with E-state index in [9.17, 15) is 68.5 Å². The Kier molecular flexibility index (Phi) is 28.1. The third kappa shape index (κ3) is 20.4. The number of Topliss-reactive ketones (excluding diaryl/α,β-unsaturated/α-hetero) is 1. The van der Waals surface area contributed by atoms with Gasteiger partial charge in [0.25, 0.3) is 0 Å². The van der Waals surface area contributed by atoms with E-state index in [4.69, 9.17) is 15.4 Å². The van der Waals surface area contributed by atoms with Gasteiger partial charge in [0.15, 0.2) is 12.0 Å². The van der Waals surface area contributed by atoms with Crippen LogP contribution in [0.25, 0.3) is 10.9 Å². The maximum atomic E-state index is 15.1. The zero-order valence-corrected chi connectivity index (χ0v) is 50.0. The van der Waals surface area contributed by atoms with Crippen molar-refractivity contribution in [3.8, 4) is 5.75 Å². The maximum Gasteiger partial charge on any atom is 0.243 e. The molecule has 9 amide bonds. The highest BCUT2D eigenvalue weighted by Crippen LogP contribution is 2.32. The Bertz CT molecular complexity index is 2670. The average molecular weight is 1240 g/mol. The summed E-state index contributed by atoms with van der Waals surface area (Å²) >= 11 is 0. The molecule has 0 aliphatic carbocycles. The molecule has 84 heavy (non-hydrogen) atoms. The van der Waals surface area contributed by atoms with Gasteiger partial charge in [-0.25, -0.2) is 4.89 Å². The second-order valence-corrected chi connectivity index (χ2v) is 25.2. The lowest BCUT2D eigenvalue weighted by Crippen LogP contribution is -2.62. The first-order valence-electron chi connectivity index (χ1n) is 28.1. The number of aliphatic hydroxyl groups excluding tert-OH is 3. The van der Waals surface area contributed by atoms with E-state index in [0.29, 0.717) is 60.4 Å². The Balaban J connectivity index is 1.52. The third-order valence-corrected chi connectivity index (χ3v) is 18.8. The highest BCUT2D eigenvalue weighted by Gasteiger charge is 2.46. The molecule has 2 aromatic rings. The van der Waals surface area contributed by atoms with E-state index in [1.54, 1.807) is 60.7 Å². The zero-order chi connectivity index (χ0) is 61.6. The van der Waals surface area contributed by atoms with E-state index in [-0.39, 0.29) is 35.4 Å². The molecule has 1 saturated heterocycles. The summed E-state index contributed by atoms with van der Waals surface area (Å²) in [5.41, 5.74) is 6.09.